The molecule has 0 saturated carbocycles. The number of esters is 2. The van der Waals surface area contributed by atoms with Crippen LogP contribution in [0.2, 0.25) is 0 Å². The SMILES string of the molecule is CCCN1CC(C(=O)OCC)CC2CC(OC(=O)c3ccccc3)CC=C21. The lowest BCUT2D eigenvalue weighted by molar-refractivity contribution is -0.150. The van der Waals surface area contributed by atoms with Crippen LogP contribution >= 0.6 is 0 Å². The standard InChI is InChI=1S/C22H29NO4/c1-3-12-23-15-18(21(24)26-4-2)13-17-14-19(10-11-20(17)23)27-22(25)16-8-6-5-7-9-16/h5-9,11,17-19H,3-4,10,12-15H2,1-2H3. The van der Waals surface area contributed by atoms with Crippen LogP contribution in [0.1, 0.15) is 49.9 Å². The molecule has 1 saturated heterocycles. The van der Waals surface area contributed by atoms with Crippen LogP contribution in [0.15, 0.2) is 42.1 Å². The number of fused-ring (bicyclic) bond motifs is 1. The summed E-state index contributed by atoms with van der Waals surface area (Å²) < 4.78 is 11.0. The second-order valence-electron chi connectivity index (χ2n) is 7.32. The predicted molar refractivity (Wildman–Crippen MR) is 103 cm³/mol. The van der Waals surface area contributed by atoms with Crippen molar-refractivity contribution in [1.82, 2.24) is 4.90 Å². The molecule has 0 aromatic heterocycles. The summed E-state index contributed by atoms with van der Waals surface area (Å²) in [5.74, 6) is -0.258. The number of ether oxygens (including phenoxy) is 2. The van der Waals surface area contributed by atoms with Gasteiger partial charge in [0.05, 0.1) is 18.1 Å². The van der Waals surface area contributed by atoms with Gasteiger partial charge in [0, 0.05) is 31.1 Å². The van der Waals surface area contributed by atoms with E-state index in [1.807, 2.05) is 25.1 Å². The van der Waals surface area contributed by atoms with Gasteiger partial charge >= 0.3 is 11.9 Å². The van der Waals surface area contributed by atoms with E-state index in [1.165, 1.54) is 5.70 Å². The molecule has 5 heteroatoms. The Labute approximate surface area is 161 Å². The van der Waals surface area contributed by atoms with Crippen LogP contribution < -0.4 is 0 Å². The minimum absolute atomic E-state index is 0.109. The predicted octanol–water partition coefficient (Wildman–Crippen LogP) is 3.80. The Kier molecular flexibility index (Phi) is 6.54. The average molecular weight is 371 g/mol. The van der Waals surface area contributed by atoms with Crippen molar-refractivity contribution in [2.75, 3.05) is 19.7 Å². The molecule has 1 aromatic rings. The molecular formula is C22H29NO4. The molecule has 1 heterocycles. The lowest BCUT2D eigenvalue weighted by Crippen LogP contribution is -2.45. The van der Waals surface area contributed by atoms with Crippen LogP contribution in [0.4, 0.5) is 0 Å². The molecule has 0 radical (unpaired) electrons. The van der Waals surface area contributed by atoms with Gasteiger partial charge in [-0.05, 0) is 38.3 Å². The molecule has 0 amide bonds. The maximum Gasteiger partial charge on any atom is 0.338 e. The van der Waals surface area contributed by atoms with Gasteiger partial charge in [-0.25, -0.2) is 4.79 Å². The number of nitrogens with zero attached hydrogens (tertiary/aromatic N) is 1. The molecule has 27 heavy (non-hydrogen) atoms. The van der Waals surface area contributed by atoms with Gasteiger partial charge in [0.25, 0.3) is 0 Å². The van der Waals surface area contributed by atoms with Gasteiger partial charge < -0.3 is 14.4 Å². The number of hydrogen-bond donors (Lipinski definition) is 0. The largest absolute Gasteiger partial charge is 0.466 e. The van der Waals surface area contributed by atoms with Gasteiger partial charge in [-0.1, -0.05) is 31.2 Å². The van der Waals surface area contributed by atoms with Gasteiger partial charge in [-0.15, -0.1) is 0 Å². The lowest BCUT2D eigenvalue weighted by Gasteiger charge is -2.43. The van der Waals surface area contributed by atoms with E-state index in [0.29, 0.717) is 12.2 Å². The number of carbonyl (C=O) groups is 2. The molecular weight excluding hydrogens is 342 g/mol. The first kappa shape index (κ1) is 19.5. The zero-order valence-electron chi connectivity index (χ0n) is 16.2. The third-order valence-corrected chi connectivity index (χ3v) is 5.33. The molecule has 3 rings (SSSR count). The topological polar surface area (TPSA) is 55.8 Å². The smallest absolute Gasteiger partial charge is 0.338 e. The molecule has 3 unspecified atom stereocenters. The monoisotopic (exact) mass is 371 g/mol. The number of allylic oxidation sites excluding steroid dienone is 1. The van der Waals surface area contributed by atoms with Crippen LogP contribution in [0.3, 0.4) is 0 Å². The van der Waals surface area contributed by atoms with Crippen molar-refractivity contribution in [2.45, 2.75) is 45.6 Å². The maximum absolute atomic E-state index is 12.4. The average Bonchev–Trinajstić information content (AvgIpc) is 2.68. The van der Waals surface area contributed by atoms with Crippen LogP contribution in [0.25, 0.3) is 0 Å². The fourth-order valence-electron chi connectivity index (χ4n) is 4.16. The number of carbonyl (C=O) groups excluding carboxylic acids is 2. The molecule has 2 aliphatic rings. The van der Waals surface area contributed by atoms with Gasteiger partial charge in [0.2, 0.25) is 0 Å². The molecule has 1 aromatic carbocycles. The summed E-state index contributed by atoms with van der Waals surface area (Å²) in [5.41, 5.74) is 1.89. The molecule has 1 aliphatic carbocycles. The minimum Gasteiger partial charge on any atom is -0.466 e. The molecule has 0 spiro atoms. The first-order valence-corrected chi connectivity index (χ1v) is 10.00. The van der Waals surface area contributed by atoms with E-state index in [-0.39, 0.29) is 29.9 Å². The zero-order chi connectivity index (χ0) is 19.2. The molecule has 146 valence electrons. The number of benzene rings is 1. The second kappa shape index (κ2) is 9.07. The quantitative estimate of drug-likeness (QED) is 0.712. The fourth-order valence-corrected chi connectivity index (χ4v) is 4.16. The first-order valence-electron chi connectivity index (χ1n) is 10.00. The highest BCUT2D eigenvalue weighted by Crippen LogP contribution is 2.39. The maximum atomic E-state index is 12.4. The van der Waals surface area contributed by atoms with Crippen LogP contribution in [0.5, 0.6) is 0 Å². The summed E-state index contributed by atoms with van der Waals surface area (Å²) in [7, 11) is 0. The summed E-state index contributed by atoms with van der Waals surface area (Å²) in [6.45, 7) is 6.07. The number of rotatable bonds is 6. The third kappa shape index (κ3) is 4.71. The van der Waals surface area contributed by atoms with E-state index in [0.717, 1.165) is 38.8 Å². The van der Waals surface area contributed by atoms with Crippen molar-refractivity contribution in [2.24, 2.45) is 11.8 Å². The van der Waals surface area contributed by atoms with Crippen molar-refractivity contribution in [3.63, 3.8) is 0 Å². The van der Waals surface area contributed by atoms with Crippen molar-refractivity contribution in [1.29, 1.82) is 0 Å². The van der Waals surface area contributed by atoms with Gasteiger partial charge in [0.1, 0.15) is 6.10 Å². The summed E-state index contributed by atoms with van der Waals surface area (Å²) in [4.78, 5) is 27.0. The summed E-state index contributed by atoms with van der Waals surface area (Å²) >= 11 is 0. The fraction of sp³-hybridized carbons (Fsp3) is 0.545. The highest BCUT2D eigenvalue weighted by molar-refractivity contribution is 5.89. The third-order valence-electron chi connectivity index (χ3n) is 5.33. The molecule has 3 atom stereocenters. The Bertz CT molecular complexity index is 685. The molecule has 1 aliphatic heterocycles. The molecule has 0 N–H and O–H groups in total. The summed E-state index contributed by atoms with van der Waals surface area (Å²) in [6, 6.07) is 9.10. The number of likely N-dealkylation sites (tertiary alicyclic amines) is 1. The van der Waals surface area contributed by atoms with Crippen LogP contribution in [-0.2, 0) is 14.3 Å². The van der Waals surface area contributed by atoms with Crippen molar-refractivity contribution < 1.29 is 19.1 Å². The molecule has 0 bridgehead atoms. The van der Waals surface area contributed by atoms with Crippen molar-refractivity contribution >= 4 is 11.9 Å². The van der Waals surface area contributed by atoms with Crippen molar-refractivity contribution in [3.05, 3.63) is 47.7 Å². The number of hydrogen-bond acceptors (Lipinski definition) is 5. The zero-order valence-corrected chi connectivity index (χ0v) is 16.2. The number of piperidine rings is 1. The Morgan fingerprint density at radius 2 is 1.93 bits per heavy atom. The Morgan fingerprint density at radius 1 is 1.15 bits per heavy atom. The van der Waals surface area contributed by atoms with E-state index in [2.05, 4.69) is 17.9 Å². The summed E-state index contributed by atoms with van der Waals surface area (Å²) in [5, 5.41) is 0. The first-order chi connectivity index (χ1) is 13.1. The Hall–Kier alpha value is -2.30. The Morgan fingerprint density at radius 3 is 2.63 bits per heavy atom. The van der Waals surface area contributed by atoms with Crippen LogP contribution in [0, 0.1) is 11.8 Å². The van der Waals surface area contributed by atoms with E-state index in [4.69, 9.17) is 9.47 Å². The van der Waals surface area contributed by atoms with E-state index >= 15 is 0 Å². The normalized spacial score (nSPS) is 24.6. The highest BCUT2D eigenvalue weighted by atomic mass is 16.5. The van der Waals surface area contributed by atoms with E-state index in [1.54, 1.807) is 12.1 Å². The lowest BCUT2D eigenvalue weighted by atomic mass is 9.79. The highest BCUT2D eigenvalue weighted by Gasteiger charge is 2.38. The van der Waals surface area contributed by atoms with Crippen LogP contribution in [-0.4, -0.2) is 42.6 Å². The van der Waals surface area contributed by atoms with Gasteiger partial charge in [-0.2, -0.15) is 0 Å². The summed E-state index contributed by atoms with van der Waals surface area (Å²) in [6.07, 6.45) is 5.36. The van der Waals surface area contributed by atoms with Gasteiger partial charge in [0.15, 0.2) is 0 Å². The molecule has 1 fully saturated rings. The van der Waals surface area contributed by atoms with E-state index < -0.39 is 0 Å². The van der Waals surface area contributed by atoms with E-state index in [9.17, 15) is 9.59 Å². The van der Waals surface area contributed by atoms with Crippen molar-refractivity contribution in [3.8, 4) is 0 Å². The Balaban J connectivity index is 1.69. The second-order valence-corrected chi connectivity index (χ2v) is 7.32. The minimum atomic E-state index is -0.277. The van der Waals surface area contributed by atoms with Gasteiger partial charge in [-0.3, -0.25) is 4.79 Å². The molecule has 5 nitrogen and oxygen atoms in total.